The standard InChI is InChI=1S/C11H8ClF4IN2/c12-4-9-18-7-3-6(17)1-2-8(7)19(9)5-11(15,16)10(13)14/h1-3,10H,4-5H2. The van der Waals surface area contributed by atoms with Gasteiger partial charge in [-0.1, -0.05) is 0 Å². The smallest absolute Gasteiger partial charge is 0.321 e. The van der Waals surface area contributed by atoms with Crippen LogP contribution in [0.5, 0.6) is 0 Å². The maximum absolute atomic E-state index is 13.2. The van der Waals surface area contributed by atoms with Gasteiger partial charge in [0, 0.05) is 3.57 Å². The van der Waals surface area contributed by atoms with Crippen molar-refractivity contribution in [2.24, 2.45) is 0 Å². The van der Waals surface area contributed by atoms with E-state index in [0.29, 0.717) is 11.0 Å². The van der Waals surface area contributed by atoms with Gasteiger partial charge in [-0.3, -0.25) is 0 Å². The van der Waals surface area contributed by atoms with Gasteiger partial charge in [-0.15, -0.1) is 11.6 Å². The number of rotatable bonds is 4. The third-order valence-corrected chi connectivity index (χ3v) is 3.51. The molecule has 2 nitrogen and oxygen atoms in total. The number of fused-ring (bicyclic) bond motifs is 1. The summed E-state index contributed by atoms with van der Waals surface area (Å²) in [6, 6.07) is 4.95. The summed E-state index contributed by atoms with van der Waals surface area (Å²) in [7, 11) is 0. The van der Waals surface area contributed by atoms with E-state index in [1.165, 1.54) is 0 Å². The topological polar surface area (TPSA) is 17.8 Å². The first kappa shape index (κ1) is 14.8. The molecule has 2 aromatic rings. The summed E-state index contributed by atoms with van der Waals surface area (Å²) >= 11 is 7.68. The molecule has 0 radical (unpaired) electrons. The number of halogens is 6. The molecule has 0 N–H and O–H groups in total. The lowest BCUT2D eigenvalue weighted by Crippen LogP contribution is -2.32. The highest BCUT2D eigenvalue weighted by Crippen LogP contribution is 2.28. The Kier molecular flexibility index (Phi) is 4.24. The van der Waals surface area contributed by atoms with Crippen LogP contribution in [-0.4, -0.2) is 21.9 Å². The number of alkyl halides is 5. The Hall–Kier alpha value is -0.570. The van der Waals surface area contributed by atoms with Crippen molar-refractivity contribution in [3.63, 3.8) is 0 Å². The predicted molar refractivity (Wildman–Crippen MR) is 73.0 cm³/mol. The Morgan fingerprint density at radius 3 is 2.63 bits per heavy atom. The summed E-state index contributed by atoms with van der Waals surface area (Å²) in [5.74, 6) is -4.08. The van der Waals surface area contributed by atoms with E-state index in [1.54, 1.807) is 18.2 Å². The molecule has 0 fully saturated rings. The first-order valence-corrected chi connectivity index (χ1v) is 6.83. The molecule has 1 heterocycles. The number of imidazole rings is 1. The number of benzene rings is 1. The van der Waals surface area contributed by atoms with E-state index >= 15 is 0 Å². The Balaban J connectivity index is 2.52. The van der Waals surface area contributed by atoms with Crippen molar-refractivity contribution in [2.75, 3.05) is 0 Å². The first-order valence-electron chi connectivity index (χ1n) is 5.22. The maximum Gasteiger partial charge on any atom is 0.324 e. The monoisotopic (exact) mass is 406 g/mol. The first-order chi connectivity index (χ1) is 8.85. The van der Waals surface area contributed by atoms with E-state index in [9.17, 15) is 17.6 Å². The molecule has 0 amide bonds. The fraction of sp³-hybridized carbons (Fsp3) is 0.364. The fourth-order valence-corrected chi connectivity index (χ4v) is 2.39. The number of hydrogen-bond donors (Lipinski definition) is 0. The van der Waals surface area contributed by atoms with Gasteiger partial charge in [-0.2, -0.15) is 8.78 Å². The van der Waals surface area contributed by atoms with Crippen LogP contribution in [-0.2, 0) is 12.4 Å². The van der Waals surface area contributed by atoms with Gasteiger partial charge in [0.15, 0.2) is 0 Å². The molecule has 0 aliphatic heterocycles. The van der Waals surface area contributed by atoms with Gasteiger partial charge in [-0.25, -0.2) is 13.8 Å². The largest absolute Gasteiger partial charge is 0.324 e. The minimum Gasteiger partial charge on any atom is -0.321 e. The number of nitrogens with zero attached hydrogens (tertiary/aromatic N) is 2. The fourth-order valence-electron chi connectivity index (χ4n) is 1.71. The van der Waals surface area contributed by atoms with Gasteiger partial charge in [0.25, 0.3) is 0 Å². The summed E-state index contributed by atoms with van der Waals surface area (Å²) in [6.45, 7) is -1.14. The number of aromatic nitrogens is 2. The molecule has 0 saturated carbocycles. The van der Waals surface area contributed by atoms with Crippen molar-refractivity contribution in [1.82, 2.24) is 9.55 Å². The van der Waals surface area contributed by atoms with E-state index in [-0.39, 0.29) is 11.7 Å². The zero-order chi connectivity index (χ0) is 14.2. The molecular weight excluding hydrogens is 398 g/mol. The van der Waals surface area contributed by atoms with E-state index in [0.717, 1.165) is 8.14 Å². The van der Waals surface area contributed by atoms with E-state index < -0.39 is 18.9 Å². The second-order valence-corrected chi connectivity index (χ2v) is 5.46. The quantitative estimate of drug-likeness (QED) is 0.421. The third kappa shape index (κ3) is 2.96. The number of hydrogen-bond acceptors (Lipinski definition) is 1. The molecular formula is C11H8ClF4IN2. The molecule has 0 bridgehead atoms. The van der Waals surface area contributed by atoms with Gasteiger partial charge in [0.1, 0.15) is 5.82 Å². The second-order valence-electron chi connectivity index (χ2n) is 3.94. The summed E-state index contributed by atoms with van der Waals surface area (Å²) in [5.41, 5.74) is 0.837. The normalized spacial score (nSPS) is 12.6. The van der Waals surface area contributed by atoms with Crippen LogP contribution >= 0.6 is 34.2 Å². The molecule has 1 aromatic heterocycles. The van der Waals surface area contributed by atoms with Crippen LogP contribution < -0.4 is 0 Å². The lowest BCUT2D eigenvalue weighted by atomic mass is 10.3. The van der Waals surface area contributed by atoms with E-state index in [1.807, 2.05) is 22.6 Å². The van der Waals surface area contributed by atoms with Crippen LogP contribution in [0.2, 0.25) is 0 Å². The lowest BCUT2D eigenvalue weighted by Gasteiger charge is -2.17. The molecule has 19 heavy (non-hydrogen) atoms. The van der Waals surface area contributed by atoms with Gasteiger partial charge in [0.2, 0.25) is 0 Å². The highest BCUT2D eigenvalue weighted by Gasteiger charge is 2.41. The summed E-state index contributed by atoms with van der Waals surface area (Å²) < 4.78 is 52.9. The van der Waals surface area contributed by atoms with Crippen molar-refractivity contribution in [3.05, 3.63) is 27.6 Å². The van der Waals surface area contributed by atoms with Gasteiger partial charge >= 0.3 is 12.3 Å². The molecule has 2 rings (SSSR count). The van der Waals surface area contributed by atoms with Crippen molar-refractivity contribution in [1.29, 1.82) is 0 Å². The molecule has 0 saturated heterocycles. The average Bonchev–Trinajstić information content (AvgIpc) is 2.65. The molecule has 0 spiro atoms. The lowest BCUT2D eigenvalue weighted by molar-refractivity contribution is -0.137. The predicted octanol–water partition coefficient (Wildman–Crippen LogP) is 4.28. The SMILES string of the molecule is FC(F)C(F)(F)Cn1c(CCl)nc2cc(I)ccc21. The Labute approximate surface area is 124 Å². The molecule has 0 atom stereocenters. The van der Waals surface area contributed by atoms with Gasteiger partial charge < -0.3 is 4.57 Å². The van der Waals surface area contributed by atoms with Crippen LogP contribution in [0.25, 0.3) is 11.0 Å². The molecule has 104 valence electrons. The maximum atomic E-state index is 13.2. The van der Waals surface area contributed by atoms with E-state index in [2.05, 4.69) is 4.98 Å². The third-order valence-electron chi connectivity index (χ3n) is 2.60. The van der Waals surface area contributed by atoms with Crippen LogP contribution in [0, 0.1) is 3.57 Å². The van der Waals surface area contributed by atoms with Crippen molar-refractivity contribution in [3.8, 4) is 0 Å². The molecule has 1 aromatic carbocycles. The highest BCUT2D eigenvalue weighted by atomic mass is 127. The average molecular weight is 407 g/mol. The Morgan fingerprint density at radius 2 is 2.05 bits per heavy atom. The highest BCUT2D eigenvalue weighted by molar-refractivity contribution is 14.1. The summed E-state index contributed by atoms with van der Waals surface area (Å²) in [5, 5.41) is 0. The zero-order valence-electron chi connectivity index (χ0n) is 9.39. The van der Waals surface area contributed by atoms with Crippen LogP contribution in [0.3, 0.4) is 0 Å². The molecule has 0 aliphatic carbocycles. The Morgan fingerprint density at radius 1 is 1.37 bits per heavy atom. The summed E-state index contributed by atoms with van der Waals surface area (Å²) in [4.78, 5) is 4.08. The zero-order valence-corrected chi connectivity index (χ0v) is 12.3. The molecule has 0 aliphatic rings. The van der Waals surface area contributed by atoms with Crippen molar-refractivity contribution in [2.45, 2.75) is 24.8 Å². The molecule has 0 unspecified atom stereocenters. The van der Waals surface area contributed by atoms with E-state index in [4.69, 9.17) is 11.6 Å². The summed E-state index contributed by atoms with van der Waals surface area (Å²) in [6.07, 6.45) is -3.73. The van der Waals surface area contributed by atoms with Crippen LogP contribution in [0.4, 0.5) is 17.6 Å². The van der Waals surface area contributed by atoms with Crippen LogP contribution in [0.1, 0.15) is 5.82 Å². The van der Waals surface area contributed by atoms with Gasteiger partial charge in [0.05, 0.1) is 23.5 Å². The Bertz CT molecular complexity index is 600. The minimum absolute atomic E-state index is 0.120. The van der Waals surface area contributed by atoms with Gasteiger partial charge in [-0.05, 0) is 40.8 Å². The molecule has 8 heteroatoms. The van der Waals surface area contributed by atoms with Crippen molar-refractivity contribution >= 4 is 45.2 Å². The van der Waals surface area contributed by atoms with Crippen molar-refractivity contribution < 1.29 is 17.6 Å². The minimum atomic E-state index is -4.11. The second kappa shape index (κ2) is 5.43. The van der Waals surface area contributed by atoms with Crippen LogP contribution in [0.15, 0.2) is 18.2 Å².